The first kappa shape index (κ1) is 49.6. The molecule has 0 aliphatic carbocycles. The third-order valence-corrected chi connectivity index (χ3v) is 11.2. The SMILES string of the molecule is CCC1(COCCCCCCOc2ccc(C(=O)Oc3ccc(OC(=O)c4ccc(OCCCCCCOCC5(CC)COC5)cc4F)c(C(F)(F)F)c3C(F)(F)F)cc2)COC1. The summed E-state index contributed by atoms with van der Waals surface area (Å²) < 4.78 is 144. The number of rotatable bonds is 26. The molecule has 2 fully saturated rings. The van der Waals surface area contributed by atoms with Crippen molar-refractivity contribution in [2.24, 2.45) is 10.8 Å². The summed E-state index contributed by atoms with van der Waals surface area (Å²) in [5.41, 5.74) is -5.72. The number of carbonyl (C=O) groups is 2. The summed E-state index contributed by atoms with van der Waals surface area (Å²) in [5.74, 6) is -7.02. The highest BCUT2D eigenvalue weighted by Gasteiger charge is 2.49. The van der Waals surface area contributed by atoms with E-state index in [0.717, 1.165) is 83.1 Å². The van der Waals surface area contributed by atoms with Crippen LogP contribution in [0.3, 0.4) is 0 Å². The number of hydrogen-bond acceptors (Lipinski definition) is 10. The summed E-state index contributed by atoms with van der Waals surface area (Å²) in [4.78, 5) is 25.8. The molecule has 3 aromatic rings. The van der Waals surface area contributed by atoms with Crippen molar-refractivity contribution in [3.05, 3.63) is 82.7 Å². The molecule has 0 unspecified atom stereocenters. The van der Waals surface area contributed by atoms with E-state index in [4.69, 9.17) is 37.9 Å². The molecule has 17 heteroatoms. The molecular formula is C46H55F7O10. The first-order valence-corrected chi connectivity index (χ1v) is 21.3. The second kappa shape index (κ2) is 22.9. The van der Waals surface area contributed by atoms with Crippen molar-refractivity contribution in [1.29, 1.82) is 0 Å². The fourth-order valence-corrected chi connectivity index (χ4v) is 6.89. The third kappa shape index (κ3) is 14.3. The highest BCUT2D eigenvalue weighted by molar-refractivity contribution is 5.92. The van der Waals surface area contributed by atoms with Crippen molar-refractivity contribution in [2.75, 3.05) is 66.1 Å². The smallest absolute Gasteiger partial charge is 0.420 e. The Labute approximate surface area is 362 Å². The van der Waals surface area contributed by atoms with E-state index in [2.05, 4.69) is 13.8 Å². The summed E-state index contributed by atoms with van der Waals surface area (Å²) in [6, 6.07) is 8.82. The number of hydrogen-bond donors (Lipinski definition) is 0. The number of carbonyl (C=O) groups excluding carboxylic acids is 2. The zero-order valence-corrected chi connectivity index (χ0v) is 35.6. The number of ether oxygens (including phenoxy) is 8. The molecular weight excluding hydrogens is 845 g/mol. The van der Waals surface area contributed by atoms with Gasteiger partial charge in [-0.3, -0.25) is 0 Å². The first-order chi connectivity index (χ1) is 30.1. The summed E-state index contributed by atoms with van der Waals surface area (Å²) >= 11 is 0. The molecule has 2 aliphatic rings. The monoisotopic (exact) mass is 900 g/mol. The quantitative estimate of drug-likeness (QED) is 0.0334. The van der Waals surface area contributed by atoms with Crippen LogP contribution in [0.25, 0.3) is 0 Å². The number of unbranched alkanes of at least 4 members (excludes halogenated alkanes) is 6. The second-order valence-electron chi connectivity index (χ2n) is 16.1. The van der Waals surface area contributed by atoms with Gasteiger partial charge in [0.2, 0.25) is 0 Å². The van der Waals surface area contributed by atoms with Gasteiger partial charge in [0.1, 0.15) is 39.9 Å². The van der Waals surface area contributed by atoms with Crippen molar-refractivity contribution < 1.29 is 78.2 Å². The van der Waals surface area contributed by atoms with Gasteiger partial charge in [0.15, 0.2) is 0 Å². The Morgan fingerprint density at radius 3 is 1.41 bits per heavy atom. The predicted octanol–water partition coefficient (Wildman–Crippen LogP) is 11.1. The number of benzene rings is 3. The van der Waals surface area contributed by atoms with Gasteiger partial charge in [-0.05, 0) is 99.9 Å². The molecule has 3 aromatic carbocycles. The largest absolute Gasteiger partial charge is 0.494 e. The topological polar surface area (TPSA) is 108 Å². The minimum Gasteiger partial charge on any atom is -0.494 e. The molecule has 0 amide bonds. The lowest BCUT2D eigenvalue weighted by Gasteiger charge is -2.40. The van der Waals surface area contributed by atoms with Gasteiger partial charge >= 0.3 is 24.3 Å². The minimum absolute atomic E-state index is 0.0207. The molecule has 348 valence electrons. The second-order valence-corrected chi connectivity index (χ2v) is 16.1. The van der Waals surface area contributed by atoms with Gasteiger partial charge in [-0.25, -0.2) is 14.0 Å². The Balaban J connectivity index is 1.10. The Morgan fingerprint density at radius 1 is 0.571 bits per heavy atom. The van der Waals surface area contributed by atoms with Gasteiger partial charge in [-0.1, -0.05) is 26.7 Å². The summed E-state index contributed by atoms with van der Waals surface area (Å²) in [6.45, 7) is 10.3. The van der Waals surface area contributed by atoms with Crippen molar-refractivity contribution in [3.8, 4) is 23.0 Å². The predicted molar refractivity (Wildman–Crippen MR) is 216 cm³/mol. The summed E-state index contributed by atoms with van der Waals surface area (Å²) in [6.07, 6.45) is -2.94. The molecule has 5 rings (SSSR count). The lowest BCUT2D eigenvalue weighted by Crippen LogP contribution is -2.45. The van der Waals surface area contributed by atoms with Crippen LogP contribution in [0.2, 0.25) is 0 Å². The maximum atomic E-state index is 15.0. The van der Waals surface area contributed by atoms with Gasteiger partial charge in [-0.15, -0.1) is 0 Å². The van der Waals surface area contributed by atoms with Crippen LogP contribution < -0.4 is 18.9 Å². The van der Waals surface area contributed by atoms with Gasteiger partial charge < -0.3 is 37.9 Å². The third-order valence-electron chi connectivity index (χ3n) is 11.2. The number of alkyl halides is 6. The van der Waals surface area contributed by atoms with Crippen molar-refractivity contribution in [1.82, 2.24) is 0 Å². The molecule has 2 aliphatic heterocycles. The zero-order valence-electron chi connectivity index (χ0n) is 35.6. The van der Waals surface area contributed by atoms with E-state index in [0.29, 0.717) is 70.6 Å². The van der Waals surface area contributed by atoms with Gasteiger partial charge in [0.05, 0.1) is 64.0 Å². The van der Waals surface area contributed by atoms with Crippen LogP contribution >= 0.6 is 0 Å². The fraction of sp³-hybridized carbons (Fsp3) is 0.565. The Kier molecular flexibility index (Phi) is 18.1. The molecule has 0 N–H and O–H groups in total. The van der Waals surface area contributed by atoms with E-state index in [1.54, 1.807) is 0 Å². The summed E-state index contributed by atoms with van der Waals surface area (Å²) in [5, 5.41) is 0. The molecule has 0 radical (unpaired) electrons. The molecule has 2 saturated heterocycles. The van der Waals surface area contributed by atoms with Crippen LogP contribution in [-0.2, 0) is 31.3 Å². The maximum absolute atomic E-state index is 15.0. The highest BCUT2D eigenvalue weighted by Crippen LogP contribution is 2.49. The number of halogens is 7. The average Bonchev–Trinajstić information content (AvgIpc) is 3.21. The van der Waals surface area contributed by atoms with Crippen LogP contribution in [0.15, 0.2) is 54.6 Å². The van der Waals surface area contributed by atoms with E-state index in [1.165, 1.54) is 30.3 Å². The number of esters is 2. The molecule has 2 heterocycles. The van der Waals surface area contributed by atoms with E-state index < -0.39 is 58.3 Å². The van der Waals surface area contributed by atoms with Gasteiger partial charge in [0, 0.05) is 30.1 Å². The molecule has 63 heavy (non-hydrogen) atoms. The van der Waals surface area contributed by atoms with E-state index >= 15 is 0 Å². The highest BCUT2D eigenvalue weighted by atomic mass is 19.4. The molecule has 0 aromatic heterocycles. The van der Waals surface area contributed by atoms with Crippen molar-refractivity contribution in [3.63, 3.8) is 0 Å². The van der Waals surface area contributed by atoms with Gasteiger partial charge in [0.25, 0.3) is 0 Å². The Bertz CT molecular complexity index is 1910. The van der Waals surface area contributed by atoms with Crippen LogP contribution in [0, 0.1) is 16.6 Å². The van der Waals surface area contributed by atoms with Crippen molar-refractivity contribution in [2.45, 2.75) is 90.4 Å². The maximum Gasteiger partial charge on any atom is 0.420 e. The minimum atomic E-state index is -5.77. The molecule has 0 saturated carbocycles. The van der Waals surface area contributed by atoms with Crippen LogP contribution in [0.1, 0.15) is 110 Å². The van der Waals surface area contributed by atoms with Crippen LogP contribution in [0.4, 0.5) is 30.7 Å². The standard InChI is InChI=1S/C46H55F7O10/c1-3-43(28-58-29-43)26-56-21-9-5-7-11-23-60-33-15-13-32(14-16-33)41(54)62-37-19-20-38(40(46(51,52)53)39(37)45(48,49)50)63-42(55)35-18-17-34(25-36(35)47)61-24-12-8-6-10-22-57-27-44(4-2)30-59-31-44/h13-20,25H,3-12,21-24,26-31H2,1-2H3. The van der Waals surface area contributed by atoms with Crippen LogP contribution in [0.5, 0.6) is 23.0 Å². The van der Waals surface area contributed by atoms with E-state index in [1.807, 2.05) is 0 Å². The van der Waals surface area contributed by atoms with E-state index in [9.17, 15) is 40.3 Å². The average molecular weight is 901 g/mol. The molecule has 0 atom stereocenters. The first-order valence-electron chi connectivity index (χ1n) is 21.3. The van der Waals surface area contributed by atoms with Crippen molar-refractivity contribution >= 4 is 11.9 Å². The molecule has 10 nitrogen and oxygen atoms in total. The normalized spacial score (nSPS) is 15.6. The zero-order chi connectivity index (χ0) is 45.5. The molecule has 0 spiro atoms. The molecule has 0 bridgehead atoms. The Hall–Kier alpha value is -4.45. The van der Waals surface area contributed by atoms with Crippen LogP contribution in [-0.4, -0.2) is 78.0 Å². The summed E-state index contributed by atoms with van der Waals surface area (Å²) in [7, 11) is 0. The fourth-order valence-electron chi connectivity index (χ4n) is 6.89. The van der Waals surface area contributed by atoms with Gasteiger partial charge in [-0.2, -0.15) is 26.3 Å². The lowest BCUT2D eigenvalue weighted by atomic mass is 9.84. The Morgan fingerprint density at radius 2 is 1.00 bits per heavy atom. The van der Waals surface area contributed by atoms with E-state index in [-0.39, 0.29) is 28.7 Å². The lowest BCUT2D eigenvalue weighted by molar-refractivity contribution is -0.163.